The summed E-state index contributed by atoms with van der Waals surface area (Å²) in [6.45, 7) is 8.55. The van der Waals surface area contributed by atoms with Gasteiger partial charge in [-0.3, -0.25) is 10.2 Å². The van der Waals surface area contributed by atoms with Crippen molar-refractivity contribution in [3.05, 3.63) is 0 Å². The number of piperazine rings is 1. The first-order valence-electron chi connectivity index (χ1n) is 8.02. The van der Waals surface area contributed by atoms with E-state index in [1.54, 1.807) is 0 Å². The maximum Gasteiger partial charge on any atom is 0.255 e. The van der Waals surface area contributed by atoms with Crippen LogP contribution in [0.4, 0.5) is 0 Å². The largest absolute Gasteiger partial charge is 0.377 e. The van der Waals surface area contributed by atoms with Gasteiger partial charge >= 0.3 is 0 Å². The number of hydrogen-bond donors (Lipinski definition) is 2. The number of ether oxygens (including phenoxy) is 1. The fraction of sp³-hybridized carbons (Fsp3) is 0.933. The van der Waals surface area contributed by atoms with Gasteiger partial charge < -0.3 is 15.4 Å². The van der Waals surface area contributed by atoms with Gasteiger partial charge in [0, 0.05) is 44.1 Å². The highest BCUT2D eigenvalue weighted by atomic mass is 16.5. The van der Waals surface area contributed by atoms with Gasteiger partial charge in [0.15, 0.2) is 0 Å². The zero-order valence-electron chi connectivity index (χ0n) is 13.4. The molecule has 3 unspecified atom stereocenters. The van der Waals surface area contributed by atoms with Gasteiger partial charge in [-0.1, -0.05) is 13.8 Å². The molecule has 2 saturated heterocycles. The van der Waals surface area contributed by atoms with E-state index in [9.17, 15) is 4.79 Å². The average Bonchev–Trinajstić information content (AvgIpc) is 2.48. The Balaban J connectivity index is 1.68. The molecule has 6 heteroatoms. The second kappa shape index (κ2) is 5.19. The predicted octanol–water partition coefficient (Wildman–Crippen LogP) is -0.202. The molecule has 3 rings (SSSR count). The van der Waals surface area contributed by atoms with E-state index in [4.69, 9.17) is 10.5 Å². The third kappa shape index (κ3) is 2.20. The van der Waals surface area contributed by atoms with Crippen LogP contribution in [0.5, 0.6) is 0 Å². The quantitative estimate of drug-likeness (QED) is 0.738. The molecule has 0 spiro atoms. The van der Waals surface area contributed by atoms with Gasteiger partial charge in [-0.2, -0.15) is 0 Å². The number of likely N-dealkylation sites (N-methyl/N-ethyl adjacent to an activating group) is 1. The molecule has 0 aromatic heterocycles. The Morgan fingerprint density at radius 3 is 2.62 bits per heavy atom. The van der Waals surface area contributed by atoms with E-state index in [1.165, 1.54) is 0 Å². The summed E-state index contributed by atoms with van der Waals surface area (Å²) in [4.78, 5) is 15.1. The van der Waals surface area contributed by atoms with Gasteiger partial charge in [0.2, 0.25) is 0 Å². The maximum absolute atomic E-state index is 12.8. The molecule has 2 aliphatic heterocycles. The normalized spacial score (nSPS) is 40.2. The van der Waals surface area contributed by atoms with Gasteiger partial charge in [-0.05, 0) is 19.9 Å². The third-order valence-corrected chi connectivity index (χ3v) is 5.82. The van der Waals surface area contributed by atoms with E-state index >= 15 is 0 Å². The van der Waals surface area contributed by atoms with E-state index in [2.05, 4.69) is 31.2 Å². The Labute approximate surface area is 126 Å². The van der Waals surface area contributed by atoms with Crippen molar-refractivity contribution in [1.82, 2.24) is 15.3 Å². The molecular weight excluding hydrogens is 268 g/mol. The molecule has 0 aromatic carbocycles. The molecule has 120 valence electrons. The minimum absolute atomic E-state index is 0.0381. The van der Waals surface area contributed by atoms with Crippen molar-refractivity contribution in [2.75, 3.05) is 39.8 Å². The highest BCUT2D eigenvalue weighted by Gasteiger charge is 2.70. The van der Waals surface area contributed by atoms with E-state index < -0.39 is 5.54 Å². The number of fused-ring (bicyclic) bond motifs is 1. The zero-order chi connectivity index (χ0) is 15.3. The average molecular weight is 296 g/mol. The van der Waals surface area contributed by atoms with Crippen LogP contribution in [-0.4, -0.2) is 67.3 Å². The van der Waals surface area contributed by atoms with Crippen LogP contribution < -0.4 is 11.2 Å². The van der Waals surface area contributed by atoms with E-state index in [1.807, 2.05) is 5.01 Å². The van der Waals surface area contributed by atoms with Crippen molar-refractivity contribution in [3.63, 3.8) is 0 Å². The Bertz CT molecular complexity index is 420. The number of hydrazine groups is 1. The monoisotopic (exact) mass is 296 g/mol. The molecule has 1 aliphatic carbocycles. The highest BCUT2D eigenvalue weighted by Crippen LogP contribution is 2.57. The SMILES string of the molecule is CN1CCN(NC(=O)C2(N)C3CCCOC3C2(C)C)CC1. The van der Waals surface area contributed by atoms with Crippen molar-refractivity contribution >= 4 is 5.91 Å². The molecule has 1 amide bonds. The number of nitrogens with zero attached hydrogens (tertiary/aromatic N) is 2. The first kappa shape index (κ1) is 15.2. The molecule has 3 aliphatic rings. The van der Waals surface area contributed by atoms with Crippen LogP contribution in [0.3, 0.4) is 0 Å². The first-order valence-corrected chi connectivity index (χ1v) is 8.02. The second-order valence-corrected chi connectivity index (χ2v) is 7.36. The smallest absolute Gasteiger partial charge is 0.255 e. The molecule has 3 N–H and O–H groups in total. The minimum Gasteiger partial charge on any atom is -0.377 e. The van der Waals surface area contributed by atoms with Crippen molar-refractivity contribution in [2.24, 2.45) is 17.1 Å². The maximum atomic E-state index is 12.8. The van der Waals surface area contributed by atoms with Gasteiger partial charge in [0.05, 0.1) is 6.10 Å². The summed E-state index contributed by atoms with van der Waals surface area (Å²) in [5, 5.41) is 2.00. The lowest BCUT2D eigenvalue weighted by Crippen LogP contribution is -2.83. The summed E-state index contributed by atoms with van der Waals surface area (Å²) in [7, 11) is 2.10. The molecule has 0 radical (unpaired) electrons. The number of rotatable bonds is 2. The van der Waals surface area contributed by atoms with Gasteiger partial charge in [0.25, 0.3) is 5.91 Å². The summed E-state index contributed by atoms with van der Waals surface area (Å²) in [6, 6.07) is 0. The zero-order valence-corrected chi connectivity index (χ0v) is 13.4. The van der Waals surface area contributed by atoms with Crippen molar-refractivity contribution in [2.45, 2.75) is 38.3 Å². The minimum atomic E-state index is -0.818. The molecular formula is C15H28N4O2. The number of carbonyl (C=O) groups is 1. The number of carbonyl (C=O) groups excluding carboxylic acids is 1. The highest BCUT2D eigenvalue weighted by molar-refractivity contribution is 5.89. The van der Waals surface area contributed by atoms with Crippen molar-refractivity contribution in [3.8, 4) is 0 Å². The van der Waals surface area contributed by atoms with E-state index in [0.29, 0.717) is 0 Å². The molecule has 3 atom stereocenters. The Kier molecular flexibility index (Phi) is 3.76. The second-order valence-electron chi connectivity index (χ2n) is 7.36. The summed E-state index contributed by atoms with van der Waals surface area (Å²) in [5.41, 5.74) is 8.52. The number of amides is 1. The van der Waals surface area contributed by atoms with Crippen LogP contribution in [0, 0.1) is 11.3 Å². The number of hydrogen-bond acceptors (Lipinski definition) is 5. The number of nitrogens with one attached hydrogen (secondary N) is 1. The van der Waals surface area contributed by atoms with Crippen LogP contribution in [0.15, 0.2) is 0 Å². The van der Waals surface area contributed by atoms with Crippen molar-refractivity contribution in [1.29, 1.82) is 0 Å². The van der Waals surface area contributed by atoms with Crippen LogP contribution in [0.2, 0.25) is 0 Å². The Morgan fingerprint density at radius 1 is 1.29 bits per heavy atom. The molecule has 1 saturated carbocycles. The lowest BCUT2D eigenvalue weighted by molar-refractivity contribution is -0.227. The Hall–Kier alpha value is -0.690. The molecule has 0 bridgehead atoms. The predicted molar refractivity (Wildman–Crippen MR) is 80.4 cm³/mol. The molecule has 3 fully saturated rings. The van der Waals surface area contributed by atoms with Gasteiger partial charge in [-0.15, -0.1) is 0 Å². The molecule has 21 heavy (non-hydrogen) atoms. The fourth-order valence-corrected chi connectivity index (χ4v) is 4.19. The van der Waals surface area contributed by atoms with Crippen LogP contribution in [-0.2, 0) is 9.53 Å². The topological polar surface area (TPSA) is 70.8 Å². The summed E-state index contributed by atoms with van der Waals surface area (Å²) in [5.74, 6) is 0.109. The van der Waals surface area contributed by atoms with Crippen LogP contribution >= 0.6 is 0 Å². The standard InChI is InChI=1S/C15H28N4O2/c1-14(2)12-11(5-4-10-21-12)15(14,16)13(20)17-19-8-6-18(3)7-9-19/h11-12H,4-10,16H2,1-3H3,(H,17,20). The molecule has 2 heterocycles. The van der Waals surface area contributed by atoms with E-state index in [-0.39, 0.29) is 23.3 Å². The van der Waals surface area contributed by atoms with Crippen molar-refractivity contribution < 1.29 is 9.53 Å². The summed E-state index contributed by atoms with van der Waals surface area (Å²) < 4.78 is 5.86. The first-order chi connectivity index (χ1) is 9.87. The van der Waals surface area contributed by atoms with E-state index in [0.717, 1.165) is 45.6 Å². The molecule has 0 aromatic rings. The Morgan fingerprint density at radius 2 is 1.95 bits per heavy atom. The van der Waals surface area contributed by atoms with Gasteiger partial charge in [0.1, 0.15) is 5.54 Å². The fourth-order valence-electron chi connectivity index (χ4n) is 4.19. The number of nitrogens with two attached hydrogens (primary N) is 1. The summed E-state index contributed by atoms with van der Waals surface area (Å²) >= 11 is 0. The third-order valence-electron chi connectivity index (χ3n) is 5.82. The summed E-state index contributed by atoms with van der Waals surface area (Å²) in [6.07, 6.45) is 2.10. The van der Waals surface area contributed by atoms with Crippen LogP contribution in [0.1, 0.15) is 26.7 Å². The van der Waals surface area contributed by atoms with Crippen LogP contribution in [0.25, 0.3) is 0 Å². The van der Waals surface area contributed by atoms with Gasteiger partial charge in [-0.25, -0.2) is 5.01 Å². The lowest BCUT2D eigenvalue weighted by atomic mass is 9.46. The molecule has 6 nitrogen and oxygen atoms in total. The lowest BCUT2D eigenvalue weighted by Gasteiger charge is -2.65.